The van der Waals surface area contributed by atoms with E-state index in [2.05, 4.69) is 18.6 Å². The Bertz CT molecular complexity index is 195. The van der Waals surface area contributed by atoms with Crippen LogP contribution in [0.15, 0.2) is 0 Å². The molecule has 0 aromatic heterocycles. The van der Waals surface area contributed by atoms with Crippen LogP contribution in [0.2, 0.25) is 0 Å². The average Bonchev–Trinajstić information content (AvgIpc) is 2.40. The minimum Gasteiger partial charge on any atom is -0.450 e. The average molecular weight is 306 g/mol. The maximum atomic E-state index is 9.59. The van der Waals surface area contributed by atoms with E-state index in [0.29, 0.717) is 0 Å². The van der Waals surface area contributed by atoms with Crippen molar-refractivity contribution in [1.29, 1.82) is 0 Å². The maximum Gasteiger partial charge on any atom is 0.506 e. The van der Waals surface area contributed by atoms with Crippen LogP contribution in [0.1, 0.15) is 79.1 Å². The molecule has 0 atom stereocenters. The second-order valence-corrected chi connectivity index (χ2v) is 5.20. The van der Waals surface area contributed by atoms with Gasteiger partial charge in [-0.15, -0.1) is 0 Å². The lowest BCUT2D eigenvalue weighted by molar-refractivity contribution is -0.295. The molecule has 0 radical (unpaired) electrons. The third-order valence-corrected chi connectivity index (χ3v) is 2.58. The summed E-state index contributed by atoms with van der Waals surface area (Å²) in [4.78, 5) is 19.7. The van der Waals surface area contributed by atoms with Gasteiger partial charge in [-0.1, -0.05) is 52.4 Å². The van der Waals surface area contributed by atoms with Gasteiger partial charge in [-0.3, -0.25) is 0 Å². The monoisotopic (exact) mass is 306 g/mol. The van der Waals surface area contributed by atoms with Crippen LogP contribution in [-0.2, 0) is 14.5 Å². The lowest BCUT2D eigenvalue weighted by atomic mass is 10.2. The Hall–Kier alpha value is -0.810. The molecule has 0 bridgehead atoms. The Labute approximate surface area is 129 Å². The van der Waals surface area contributed by atoms with Crippen LogP contribution in [-0.4, -0.2) is 30.6 Å². The Kier molecular flexibility index (Phi) is 20.5. The summed E-state index contributed by atoms with van der Waals surface area (Å²) in [6.45, 7) is 9.26. The van der Waals surface area contributed by atoms with Crippen molar-refractivity contribution < 1.29 is 24.4 Å². The molecule has 0 heterocycles. The van der Waals surface area contributed by atoms with Gasteiger partial charge in [0, 0.05) is 0 Å². The van der Waals surface area contributed by atoms with Gasteiger partial charge in [-0.25, -0.2) is 14.6 Å². The van der Waals surface area contributed by atoms with Crippen LogP contribution in [0.5, 0.6) is 0 Å². The third kappa shape index (κ3) is 28.2. The molecular formula is C16H34O5. The van der Waals surface area contributed by atoms with Crippen molar-refractivity contribution in [3.63, 3.8) is 0 Å². The zero-order valence-corrected chi connectivity index (χ0v) is 14.2. The van der Waals surface area contributed by atoms with E-state index >= 15 is 0 Å². The number of hydrogen-bond acceptors (Lipinski definition) is 4. The summed E-state index contributed by atoms with van der Waals surface area (Å²) in [6.07, 6.45) is 8.50. The molecule has 0 aliphatic rings. The molecular weight excluding hydrogens is 272 g/mol. The molecule has 5 nitrogen and oxygen atoms in total. The van der Waals surface area contributed by atoms with E-state index in [-0.39, 0.29) is 6.10 Å². The molecule has 0 unspecified atom stereocenters. The first-order chi connectivity index (χ1) is 10.0. The quantitative estimate of drug-likeness (QED) is 0.233. The first kappa shape index (κ1) is 22.5. The molecule has 0 aromatic rings. The predicted octanol–water partition coefficient (Wildman–Crippen LogP) is 5.18. The summed E-state index contributed by atoms with van der Waals surface area (Å²) in [5.74, 6) is 0. The highest BCUT2D eigenvalue weighted by molar-refractivity contribution is 5.56. The van der Waals surface area contributed by atoms with Crippen molar-refractivity contribution in [1.82, 2.24) is 0 Å². The first-order valence-electron chi connectivity index (χ1n) is 8.18. The molecule has 0 fully saturated rings. The van der Waals surface area contributed by atoms with Crippen molar-refractivity contribution in [2.75, 3.05) is 13.2 Å². The van der Waals surface area contributed by atoms with Crippen LogP contribution < -0.4 is 0 Å². The van der Waals surface area contributed by atoms with Crippen LogP contribution >= 0.6 is 0 Å². The van der Waals surface area contributed by atoms with E-state index < -0.39 is 6.16 Å². The SMILES string of the molecule is CC(C)OC(=O)O.CCCCCCOOCCCCCC. The van der Waals surface area contributed by atoms with Crippen molar-refractivity contribution in [2.45, 2.75) is 85.2 Å². The van der Waals surface area contributed by atoms with Gasteiger partial charge in [0.1, 0.15) is 0 Å². The molecule has 0 saturated heterocycles. The Morgan fingerprint density at radius 1 is 0.857 bits per heavy atom. The fourth-order valence-corrected chi connectivity index (χ4v) is 1.50. The number of carboxylic acid groups (broad SMARTS) is 1. The highest BCUT2D eigenvalue weighted by Gasteiger charge is 1.97. The first-order valence-corrected chi connectivity index (χ1v) is 8.18. The molecule has 21 heavy (non-hydrogen) atoms. The molecule has 0 aromatic carbocycles. The van der Waals surface area contributed by atoms with E-state index in [0.717, 1.165) is 26.1 Å². The van der Waals surface area contributed by atoms with Crippen LogP contribution in [0.4, 0.5) is 4.79 Å². The minimum absolute atomic E-state index is 0.225. The summed E-state index contributed by atoms with van der Waals surface area (Å²) in [5.41, 5.74) is 0. The van der Waals surface area contributed by atoms with Crippen LogP contribution in [0.25, 0.3) is 0 Å². The topological polar surface area (TPSA) is 65.0 Å². The van der Waals surface area contributed by atoms with Crippen LogP contribution in [0.3, 0.4) is 0 Å². The lowest BCUT2D eigenvalue weighted by Gasteiger charge is -2.03. The lowest BCUT2D eigenvalue weighted by Crippen LogP contribution is -2.07. The minimum atomic E-state index is -1.21. The Morgan fingerprint density at radius 3 is 1.52 bits per heavy atom. The predicted molar refractivity (Wildman–Crippen MR) is 84.4 cm³/mol. The fraction of sp³-hybridized carbons (Fsp3) is 0.938. The standard InChI is InChI=1S/C12H26O2.C4H8O3/c1-3-5-7-9-11-13-14-12-10-8-6-4-2;1-3(2)7-4(5)6/h3-12H2,1-2H3;3H,1-2H3,(H,5,6). The van der Waals surface area contributed by atoms with Crippen molar-refractivity contribution in [3.8, 4) is 0 Å². The van der Waals surface area contributed by atoms with Gasteiger partial charge >= 0.3 is 6.16 Å². The zero-order chi connectivity index (χ0) is 16.3. The van der Waals surface area contributed by atoms with E-state index in [1.807, 2.05) is 0 Å². The number of unbranched alkanes of at least 4 members (excludes halogenated alkanes) is 6. The largest absolute Gasteiger partial charge is 0.506 e. The molecule has 5 heteroatoms. The smallest absolute Gasteiger partial charge is 0.450 e. The highest BCUT2D eigenvalue weighted by Crippen LogP contribution is 2.01. The number of hydrogen-bond donors (Lipinski definition) is 1. The molecule has 0 aliphatic heterocycles. The summed E-state index contributed by atoms with van der Waals surface area (Å²) >= 11 is 0. The van der Waals surface area contributed by atoms with E-state index in [1.165, 1.54) is 38.5 Å². The summed E-state index contributed by atoms with van der Waals surface area (Å²) in [5, 5.41) is 7.86. The van der Waals surface area contributed by atoms with E-state index in [1.54, 1.807) is 13.8 Å². The normalized spacial score (nSPS) is 10.1. The number of rotatable bonds is 12. The molecule has 0 spiro atoms. The molecule has 0 saturated carbocycles. The second-order valence-electron chi connectivity index (χ2n) is 5.20. The highest BCUT2D eigenvalue weighted by atomic mass is 17.2. The molecule has 0 aliphatic carbocycles. The zero-order valence-electron chi connectivity index (χ0n) is 14.2. The Morgan fingerprint density at radius 2 is 1.29 bits per heavy atom. The van der Waals surface area contributed by atoms with E-state index in [9.17, 15) is 4.79 Å². The molecule has 1 N–H and O–H groups in total. The second kappa shape index (κ2) is 19.2. The van der Waals surface area contributed by atoms with Crippen molar-refractivity contribution >= 4 is 6.16 Å². The Balaban J connectivity index is 0. The summed E-state index contributed by atoms with van der Waals surface area (Å²) in [7, 11) is 0. The van der Waals surface area contributed by atoms with Gasteiger partial charge < -0.3 is 9.84 Å². The van der Waals surface area contributed by atoms with Gasteiger partial charge in [0.05, 0.1) is 19.3 Å². The summed E-state index contributed by atoms with van der Waals surface area (Å²) in [6, 6.07) is 0. The van der Waals surface area contributed by atoms with Gasteiger partial charge in [0.15, 0.2) is 0 Å². The van der Waals surface area contributed by atoms with Crippen LogP contribution in [0, 0.1) is 0 Å². The van der Waals surface area contributed by atoms with Gasteiger partial charge in [-0.05, 0) is 26.7 Å². The number of ether oxygens (including phenoxy) is 1. The molecule has 0 amide bonds. The third-order valence-electron chi connectivity index (χ3n) is 2.58. The van der Waals surface area contributed by atoms with Gasteiger partial charge in [0.25, 0.3) is 0 Å². The van der Waals surface area contributed by atoms with Crippen molar-refractivity contribution in [2.24, 2.45) is 0 Å². The van der Waals surface area contributed by atoms with Crippen molar-refractivity contribution in [3.05, 3.63) is 0 Å². The number of carbonyl (C=O) groups is 1. The molecule has 0 rings (SSSR count). The maximum absolute atomic E-state index is 9.59. The molecule has 128 valence electrons. The van der Waals surface area contributed by atoms with E-state index in [4.69, 9.17) is 14.9 Å². The fourth-order valence-electron chi connectivity index (χ4n) is 1.50. The van der Waals surface area contributed by atoms with Gasteiger partial charge in [0.2, 0.25) is 0 Å². The van der Waals surface area contributed by atoms with Gasteiger partial charge in [-0.2, -0.15) is 0 Å². The summed E-state index contributed by atoms with van der Waals surface area (Å²) < 4.78 is 4.17.